The summed E-state index contributed by atoms with van der Waals surface area (Å²) in [5.74, 6) is 0. The van der Waals surface area contributed by atoms with E-state index in [9.17, 15) is 18.5 Å². The zero-order chi connectivity index (χ0) is 15.5. The van der Waals surface area contributed by atoms with Crippen molar-refractivity contribution in [1.29, 1.82) is 0 Å². The smallest absolute Gasteiger partial charge is 0.258 e. The van der Waals surface area contributed by atoms with Crippen LogP contribution in [0.3, 0.4) is 0 Å². The molecule has 0 fully saturated rings. The quantitative estimate of drug-likeness (QED) is 0.573. The largest absolute Gasteiger partial charge is 0.289 e. The first-order chi connectivity index (χ1) is 9.21. The lowest BCUT2D eigenvalue weighted by molar-refractivity contribution is -0.387. The number of hydrogen-bond donors (Lipinski definition) is 0. The van der Waals surface area contributed by atoms with Gasteiger partial charge in [-0.05, 0) is 25.5 Å². The van der Waals surface area contributed by atoms with E-state index in [1.807, 2.05) is 6.92 Å². The Morgan fingerprint density at radius 3 is 2.55 bits per heavy atom. The molecule has 0 saturated carbocycles. The maximum Gasteiger partial charge on any atom is 0.289 e. The van der Waals surface area contributed by atoms with Gasteiger partial charge in [0.15, 0.2) is 4.90 Å². The molecule has 1 unspecified atom stereocenters. The zero-order valence-corrected chi connectivity index (χ0v) is 13.9. The molecule has 0 N–H and O–H groups in total. The average Bonchev–Trinajstić information content (AvgIpc) is 2.37. The van der Waals surface area contributed by atoms with E-state index < -0.39 is 20.6 Å². The number of benzene rings is 1. The van der Waals surface area contributed by atoms with E-state index in [4.69, 9.17) is 0 Å². The van der Waals surface area contributed by atoms with Crippen molar-refractivity contribution in [1.82, 2.24) is 4.31 Å². The zero-order valence-electron chi connectivity index (χ0n) is 11.5. The van der Waals surface area contributed by atoms with Crippen LogP contribution in [0, 0.1) is 10.1 Å². The Bertz CT molecular complexity index is 603. The van der Waals surface area contributed by atoms with E-state index in [2.05, 4.69) is 15.9 Å². The third kappa shape index (κ3) is 3.56. The third-order valence-electron chi connectivity index (χ3n) is 3.10. The molecule has 0 aliphatic heterocycles. The maximum atomic E-state index is 12.5. The van der Waals surface area contributed by atoms with Crippen molar-refractivity contribution in [3.05, 3.63) is 32.8 Å². The fourth-order valence-electron chi connectivity index (χ4n) is 1.84. The first kappa shape index (κ1) is 17.1. The molecule has 0 saturated heterocycles. The van der Waals surface area contributed by atoms with Crippen LogP contribution in [0.15, 0.2) is 27.6 Å². The van der Waals surface area contributed by atoms with Gasteiger partial charge in [-0.1, -0.05) is 29.3 Å². The summed E-state index contributed by atoms with van der Waals surface area (Å²) >= 11 is 3.15. The lowest BCUT2D eigenvalue weighted by atomic mass is 10.2. The highest BCUT2D eigenvalue weighted by molar-refractivity contribution is 9.10. The van der Waals surface area contributed by atoms with Crippen LogP contribution in [0.5, 0.6) is 0 Å². The molecule has 0 aliphatic rings. The molecule has 0 bridgehead atoms. The molecule has 0 aliphatic carbocycles. The Labute approximate surface area is 127 Å². The van der Waals surface area contributed by atoms with E-state index >= 15 is 0 Å². The fraction of sp³-hybridized carbons (Fsp3) is 0.500. The molecule has 0 spiro atoms. The third-order valence-corrected chi connectivity index (χ3v) is 5.60. The minimum atomic E-state index is -3.90. The molecule has 6 nitrogen and oxygen atoms in total. The predicted octanol–water partition coefficient (Wildman–Crippen LogP) is 3.17. The van der Waals surface area contributed by atoms with E-state index in [1.165, 1.54) is 29.6 Å². The van der Waals surface area contributed by atoms with Gasteiger partial charge in [-0.25, -0.2) is 8.42 Å². The minimum absolute atomic E-state index is 0.219. The second-order valence-electron chi connectivity index (χ2n) is 4.53. The molecular formula is C12H17BrN2O4S. The predicted molar refractivity (Wildman–Crippen MR) is 80.1 cm³/mol. The lowest BCUT2D eigenvalue weighted by Gasteiger charge is -2.23. The highest BCUT2D eigenvalue weighted by Gasteiger charge is 2.31. The monoisotopic (exact) mass is 364 g/mol. The SMILES string of the molecule is CCCC(C)N(C)S(=O)(=O)c1cc(Br)ccc1[N+](=O)[O-]. The van der Waals surface area contributed by atoms with Gasteiger partial charge < -0.3 is 0 Å². The van der Waals surface area contributed by atoms with Crippen LogP contribution in [0.4, 0.5) is 5.69 Å². The number of sulfonamides is 1. The number of rotatable bonds is 6. The summed E-state index contributed by atoms with van der Waals surface area (Å²) in [7, 11) is -2.45. The van der Waals surface area contributed by atoms with Gasteiger partial charge in [0.25, 0.3) is 5.69 Å². The molecular weight excluding hydrogens is 348 g/mol. The van der Waals surface area contributed by atoms with Gasteiger partial charge in [-0.2, -0.15) is 4.31 Å². The summed E-state index contributed by atoms with van der Waals surface area (Å²) in [4.78, 5) is 10.0. The van der Waals surface area contributed by atoms with Crippen molar-refractivity contribution >= 4 is 31.6 Å². The Hall–Kier alpha value is -0.990. The fourth-order valence-corrected chi connectivity index (χ4v) is 3.92. The van der Waals surface area contributed by atoms with Gasteiger partial charge in [0.1, 0.15) is 0 Å². The number of halogens is 1. The summed E-state index contributed by atoms with van der Waals surface area (Å²) in [5, 5.41) is 11.0. The number of nitro benzene ring substituents is 1. The van der Waals surface area contributed by atoms with Crippen molar-refractivity contribution in [3.8, 4) is 0 Å². The molecule has 1 aromatic rings. The molecule has 1 aromatic carbocycles. The summed E-state index contributed by atoms with van der Waals surface area (Å²) in [6, 6.07) is 3.69. The topological polar surface area (TPSA) is 80.5 Å². The van der Waals surface area contributed by atoms with Gasteiger partial charge in [0.05, 0.1) is 4.92 Å². The standard InChI is InChI=1S/C12H17BrN2O4S/c1-4-5-9(2)14(3)20(18,19)12-8-10(13)6-7-11(12)15(16)17/h6-9H,4-5H2,1-3H3. The highest BCUT2D eigenvalue weighted by Crippen LogP contribution is 2.30. The summed E-state index contributed by atoms with van der Waals surface area (Å²) in [5.41, 5.74) is -0.413. The van der Waals surface area contributed by atoms with Gasteiger partial charge >= 0.3 is 0 Å². The molecule has 0 amide bonds. The molecule has 1 rings (SSSR count). The van der Waals surface area contributed by atoms with E-state index in [0.29, 0.717) is 10.9 Å². The van der Waals surface area contributed by atoms with E-state index in [0.717, 1.165) is 6.42 Å². The van der Waals surface area contributed by atoms with Gasteiger partial charge in [0, 0.05) is 23.6 Å². The number of nitro groups is 1. The van der Waals surface area contributed by atoms with Gasteiger partial charge in [-0.3, -0.25) is 10.1 Å². The number of nitrogens with zero attached hydrogens (tertiary/aromatic N) is 2. The second-order valence-corrected chi connectivity index (χ2v) is 7.41. The molecule has 0 radical (unpaired) electrons. The van der Waals surface area contributed by atoms with Crippen LogP contribution < -0.4 is 0 Å². The summed E-state index contributed by atoms with van der Waals surface area (Å²) in [6.45, 7) is 3.74. The van der Waals surface area contributed by atoms with Crippen LogP contribution >= 0.6 is 15.9 Å². The molecule has 0 heterocycles. The average molecular weight is 365 g/mol. The van der Waals surface area contributed by atoms with E-state index in [-0.39, 0.29) is 10.9 Å². The molecule has 1 atom stereocenters. The summed E-state index contributed by atoms with van der Waals surface area (Å²) in [6.07, 6.45) is 1.53. The van der Waals surface area contributed by atoms with Crippen LogP contribution in [0.1, 0.15) is 26.7 Å². The van der Waals surface area contributed by atoms with Gasteiger partial charge in [0.2, 0.25) is 10.0 Å². The van der Waals surface area contributed by atoms with E-state index in [1.54, 1.807) is 6.92 Å². The van der Waals surface area contributed by atoms with Crippen molar-refractivity contribution in [2.75, 3.05) is 7.05 Å². The Morgan fingerprint density at radius 2 is 2.05 bits per heavy atom. The van der Waals surface area contributed by atoms with Crippen LogP contribution in [-0.4, -0.2) is 30.7 Å². The van der Waals surface area contributed by atoms with Crippen LogP contribution in [-0.2, 0) is 10.0 Å². The molecule has 8 heteroatoms. The first-order valence-electron chi connectivity index (χ1n) is 6.13. The Morgan fingerprint density at radius 1 is 1.45 bits per heavy atom. The maximum absolute atomic E-state index is 12.5. The van der Waals surface area contributed by atoms with Crippen molar-refractivity contribution < 1.29 is 13.3 Å². The molecule has 0 aromatic heterocycles. The lowest BCUT2D eigenvalue weighted by Crippen LogP contribution is -2.35. The summed E-state index contributed by atoms with van der Waals surface area (Å²) < 4.78 is 26.7. The van der Waals surface area contributed by atoms with Crippen molar-refractivity contribution in [3.63, 3.8) is 0 Å². The molecule has 112 valence electrons. The van der Waals surface area contributed by atoms with Crippen LogP contribution in [0.2, 0.25) is 0 Å². The van der Waals surface area contributed by atoms with Gasteiger partial charge in [-0.15, -0.1) is 0 Å². The number of hydrogen-bond acceptors (Lipinski definition) is 4. The minimum Gasteiger partial charge on any atom is -0.258 e. The molecule has 20 heavy (non-hydrogen) atoms. The second kappa shape index (κ2) is 6.64. The Balaban J connectivity index is 3.34. The van der Waals surface area contributed by atoms with Crippen molar-refractivity contribution in [2.45, 2.75) is 37.6 Å². The highest BCUT2D eigenvalue weighted by atomic mass is 79.9. The first-order valence-corrected chi connectivity index (χ1v) is 8.37. The van der Waals surface area contributed by atoms with Crippen LogP contribution in [0.25, 0.3) is 0 Å². The Kier molecular flexibility index (Phi) is 5.67. The van der Waals surface area contributed by atoms with Crippen molar-refractivity contribution in [2.24, 2.45) is 0 Å². The normalized spacial score (nSPS) is 13.4.